The van der Waals surface area contributed by atoms with Crippen molar-refractivity contribution in [3.63, 3.8) is 0 Å². The summed E-state index contributed by atoms with van der Waals surface area (Å²) in [4.78, 5) is 8.92. The van der Waals surface area contributed by atoms with Gasteiger partial charge in [-0.1, -0.05) is 12.1 Å². The van der Waals surface area contributed by atoms with E-state index in [-0.39, 0.29) is 5.82 Å². The van der Waals surface area contributed by atoms with Gasteiger partial charge in [0.1, 0.15) is 17.2 Å². The Balaban J connectivity index is 2.32. The van der Waals surface area contributed by atoms with Crippen molar-refractivity contribution in [2.75, 3.05) is 5.88 Å². The molecule has 0 atom stereocenters. The molecule has 0 saturated heterocycles. The maximum absolute atomic E-state index is 14.1. The summed E-state index contributed by atoms with van der Waals surface area (Å²) in [5.74, 6) is 0.847. The number of fused-ring (bicyclic) bond motifs is 1. The average molecular weight is 290 g/mol. The number of imidazole rings is 1. The van der Waals surface area contributed by atoms with Gasteiger partial charge < -0.3 is 0 Å². The Labute approximate surface area is 121 Å². The maximum atomic E-state index is 14.1. The zero-order valence-electron chi connectivity index (χ0n) is 11.0. The Kier molecular flexibility index (Phi) is 3.40. The lowest BCUT2D eigenvalue weighted by Gasteiger charge is -2.08. The van der Waals surface area contributed by atoms with Gasteiger partial charge in [-0.3, -0.25) is 4.57 Å². The lowest BCUT2D eigenvalue weighted by molar-refractivity contribution is 0.616. The molecule has 0 aliphatic carbocycles. The smallest absolute Gasteiger partial charge is 0.164 e. The third-order valence-electron chi connectivity index (χ3n) is 3.11. The molecule has 0 bridgehead atoms. The third kappa shape index (κ3) is 2.16. The molecule has 5 heteroatoms. The SMILES string of the molecule is Cc1cnc2c(c1)nc(CCCl)n2-c1ccccc1F. The van der Waals surface area contributed by atoms with Gasteiger partial charge in [-0.2, -0.15) is 0 Å². The number of benzene rings is 1. The van der Waals surface area contributed by atoms with Crippen LogP contribution in [0.25, 0.3) is 16.9 Å². The molecule has 0 N–H and O–H groups in total. The van der Waals surface area contributed by atoms with E-state index < -0.39 is 0 Å². The average Bonchev–Trinajstić information content (AvgIpc) is 2.77. The molecule has 0 aliphatic rings. The summed E-state index contributed by atoms with van der Waals surface area (Å²) in [7, 11) is 0. The van der Waals surface area contributed by atoms with Crippen molar-refractivity contribution in [1.82, 2.24) is 14.5 Å². The van der Waals surface area contributed by atoms with Gasteiger partial charge in [-0.25, -0.2) is 14.4 Å². The molecule has 1 aromatic carbocycles. The minimum Gasteiger partial charge on any atom is -0.278 e. The Morgan fingerprint density at radius 1 is 1.30 bits per heavy atom. The van der Waals surface area contributed by atoms with Crippen LogP contribution >= 0.6 is 11.6 Å². The lowest BCUT2D eigenvalue weighted by atomic mass is 10.3. The molecule has 0 aliphatic heterocycles. The topological polar surface area (TPSA) is 30.7 Å². The van der Waals surface area contributed by atoms with Gasteiger partial charge in [0, 0.05) is 18.5 Å². The van der Waals surface area contributed by atoms with Gasteiger partial charge in [-0.05, 0) is 30.7 Å². The van der Waals surface area contributed by atoms with E-state index in [1.807, 2.05) is 13.0 Å². The molecule has 0 spiro atoms. The van der Waals surface area contributed by atoms with Gasteiger partial charge in [0.15, 0.2) is 5.65 Å². The Bertz CT molecular complexity index is 767. The van der Waals surface area contributed by atoms with E-state index in [4.69, 9.17) is 11.6 Å². The molecule has 0 saturated carbocycles. The van der Waals surface area contributed by atoms with Gasteiger partial charge in [0.2, 0.25) is 0 Å². The van der Waals surface area contributed by atoms with E-state index >= 15 is 0 Å². The highest BCUT2D eigenvalue weighted by molar-refractivity contribution is 6.17. The molecule has 0 radical (unpaired) electrons. The monoisotopic (exact) mass is 289 g/mol. The summed E-state index contributed by atoms with van der Waals surface area (Å²) >= 11 is 5.83. The summed E-state index contributed by atoms with van der Waals surface area (Å²) in [5, 5.41) is 0. The first kappa shape index (κ1) is 13.1. The summed E-state index contributed by atoms with van der Waals surface area (Å²) in [6, 6.07) is 8.55. The number of para-hydroxylation sites is 1. The number of aryl methyl sites for hydroxylation is 2. The molecule has 3 nitrogen and oxygen atoms in total. The molecular formula is C15H13ClFN3. The molecule has 3 rings (SSSR count). The zero-order chi connectivity index (χ0) is 14.1. The Hall–Kier alpha value is -1.94. The fraction of sp³-hybridized carbons (Fsp3) is 0.200. The standard InChI is InChI=1S/C15H13ClFN3/c1-10-8-12-15(18-9-10)20(14(19-12)6-7-16)13-5-3-2-4-11(13)17/h2-5,8-9H,6-7H2,1H3. The van der Waals surface area contributed by atoms with Crippen LogP contribution in [0.5, 0.6) is 0 Å². The molecule has 20 heavy (non-hydrogen) atoms. The van der Waals surface area contributed by atoms with Crippen molar-refractivity contribution in [3.05, 3.63) is 53.7 Å². The lowest BCUT2D eigenvalue weighted by Crippen LogP contribution is -2.05. The number of aromatic nitrogens is 3. The van der Waals surface area contributed by atoms with E-state index in [1.54, 1.807) is 29.0 Å². The zero-order valence-corrected chi connectivity index (χ0v) is 11.7. The van der Waals surface area contributed by atoms with Crippen LogP contribution in [0, 0.1) is 12.7 Å². The first-order chi connectivity index (χ1) is 9.70. The summed E-state index contributed by atoms with van der Waals surface area (Å²) in [6.07, 6.45) is 2.32. The van der Waals surface area contributed by atoms with Crippen molar-refractivity contribution < 1.29 is 4.39 Å². The van der Waals surface area contributed by atoms with Gasteiger partial charge in [0.05, 0.1) is 5.69 Å². The van der Waals surface area contributed by atoms with Crippen LogP contribution < -0.4 is 0 Å². The highest BCUT2D eigenvalue weighted by atomic mass is 35.5. The largest absolute Gasteiger partial charge is 0.278 e. The van der Waals surface area contributed by atoms with E-state index in [1.165, 1.54) is 6.07 Å². The van der Waals surface area contributed by atoms with Crippen LogP contribution in [0.2, 0.25) is 0 Å². The van der Waals surface area contributed by atoms with Gasteiger partial charge in [0.25, 0.3) is 0 Å². The van der Waals surface area contributed by atoms with Crippen LogP contribution in [-0.2, 0) is 6.42 Å². The molecule has 102 valence electrons. The predicted octanol–water partition coefficient (Wildman–Crippen LogP) is 3.65. The number of nitrogens with zero attached hydrogens (tertiary/aromatic N) is 3. The first-order valence-corrected chi connectivity index (χ1v) is 6.89. The van der Waals surface area contributed by atoms with Crippen molar-refractivity contribution in [3.8, 4) is 5.69 Å². The van der Waals surface area contributed by atoms with Crippen LogP contribution in [0.4, 0.5) is 4.39 Å². The Morgan fingerprint density at radius 2 is 2.10 bits per heavy atom. The number of hydrogen-bond donors (Lipinski definition) is 0. The second-order valence-electron chi connectivity index (χ2n) is 4.61. The van der Waals surface area contributed by atoms with E-state index in [9.17, 15) is 4.39 Å². The highest BCUT2D eigenvalue weighted by Crippen LogP contribution is 2.23. The van der Waals surface area contributed by atoms with E-state index in [0.29, 0.717) is 23.6 Å². The molecule has 0 unspecified atom stereocenters. The molecule has 0 amide bonds. The second kappa shape index (κ2) is 5.21. The van der Waals surface area contributed by atoms with Crippen molar-refractivity contribution >= 4 is 22.8 Å². The molecule has 0 fully saturated rings. The maximum Gasteiger partial charge on any atom is 0.164 e. The molecule has 2 aromatic heterocycles. The van der Waals surface area contributed by atoms with Gasteiger partial charge in [-0.15, -0.1) is 11.6 Å². The fourth-order valence-corrected chi connectivity index (χ4v) is 2.42. The third-order valence-corrected chi connectivity index (χ3v) is 3.30. The quantitative estimate of drug-likeness (QED) is 0.689. The van der Waals surface area contributed by atoms with Crippen LogP contribution in [-0.4, -0.2) is 20.4 Å². The molecule has 2 heterocycles. The number of alkyl halides is 1. The highest BCUT2D eigenvalue weighted by Gasteiger charge is 2.15. The van der Waals surface area contributed by atoms with Crippen LogP contribution in [0.3, 0.4) is 0 Å². The van der Waals surface area contributed by atoms with Gasteiger partial charge >= 0.3 is 0 Å². The minimum atomic E-state index is -0.301. The second-order valence-corrected chi connectivity index (χ2v) is 4.99. The van der Waals surface area contributed by atoms with Crippen LogP contribution in [0.1, 0.15) is 11.4 Å². The van der Waals surface area contributed by atoms with Crippen molar-refractivity contribution in [1.29, 1.82) is 0 Å². The molecule has 3 aromatic rings. The number of hydrogen-bond acceptors (Lipinski definition) is 2. The van der Waals surface area contributed by atoms with Crippen LogP contribution in [0.15, 0.2) is 36.5 Å². The Morgan fingerprint density at radius 3 is 2.85 bits per heavy atom. The number of halogens is 2. The first-order valence-electron chi connectivity index (χ1n) is 6.35. The van der Waals surface area contributed by atoms with E-state index in [0.717, 1.165) is 16.9 Å². The minimum absolute atomic E-state index is 0.301. The van der Waals surface area contributed by atoms with Crippen molar-refractivity contribution in [2.45, 2.75) is 13.3 Å². The number of pyridine rings is 1. The van der Waals surface area contributed by atoms with E-state index in [2.05, 4.69) is 9.97 Å². The fourth-order valence-electron chi connectivity index (χ4n) is 2.25. The summed E-state index contributed by atoms with van der Waals surface area (Å²) in [5.41, 5.74) is 2.88. The summed E-state index contributed by atoms with van der Waals surface area (Å²) < 4.78 is 15.8. The summed E-state index contributed by atoms with van der Waals surface area (Å²) in [6.45, 7) is 1.95. The predicted molar refractivity (Wildman–Crippen MR) is 78.0 cm³/mol. The van der Waals surface area contributed by atoms with Crippen molar-refractivity contribution in [2.24, 2.45) is 0 Å². The number of rotatable bonds is 3. The molecular weight excluding hydrogens is 277 g/mol. The normalized spacial score (nSPS) is 11.2.